The molecule has 3 heteroatoms. The lowest BCUT2D eigenvalue weighted by atomic mass is 10.1. The third-order valence-electron chi connectivity index (χ3n) is 1.79. The molecular weight excluding hydrogens is 195 g/mol. The van der Waals surface area contributed by atoms with Crippen molar-refractivity contribution >= 4 is 23.2 Å². The Labute approximate surface area is 81.9 Å². The van der Waals surface area contributed by atoms with Crippen LogP contribution in [0.4, 0.5) is 0 Å². The zero-order valence-electron chi connectivity index (χ0n) is 6.77. The summed E-state index contributed by atoms with van der Waals surface area (Å²) in [7, 11) is 0. The first kappa shape index (κ1) is 9.85. The van der Waals surface area contributed by atoms with E-state index in [0.717, 1.165) is 12.0 Å². The fourth-order valence-corrected chi connectivity index (χ4v) is 1.59. The number of aliphatic hydroxyl groups is 1. The SMILES string of the molecule is CCc1ccc(CO)c(Cl)c1Cl. The largest absolute Gasteiger partial charge is 0.392 e. The van der Waals surface area contributed by atoms with Crippen molar-refractivity contribution in [2.75, 3.05) is 0 Å². The molecular formula is C9H10Cl2O. The van der Waals surface area contributed by atoms with Gasteiger partial charge in [-0.25, -0.2) is 0 Å². The minimum atomic E-state index is -0.0669. The summed E-state index contributed by atoms with van der Waals surface area (Å²) in [5.41, 5.74) is 1.69. The van der Waals surface area contributed by atoms with Gasteiger partial charge in [-0.15, -0.1) is 0 Å². The Morgan fingerprint density at radius 1 is 1.17 bits per heavy atom. The van der Waals surface area contributed by atoms with Crippen LogP contribution in [-0.4, -0.2) is 5.11 Å². The van der Waals surface area contributed by atoms with Gasteiger partial charge in [0.25, 0.3) is 0 Å². The van der Waals surface area contributed by atoms with E-state index in [9.17, 15) is 0 Å². The highest BCUT2D eigenvalue weighted by molar-refractivity contribution is 6.42. The summed E-state index contributed by atoms with van der Waals surface area (Å²) in [6, 6.07) is 3.69. The van der Waals surface area contributed by atoms with Crippen LogP contribution in [0.2, 0.25) is 10.0 Å². The predicted molar refractivity (Wildman–Crippen MR) is 51.8 cm³/mol. The number of halogens is 2. The molecule has 1 N–H and O–H groups in total. The number of aliphatic hydroxyl groups excluding tert-OH is 1. The number of benzene rings is 1. The van der Waals surface area contributed by atoms with Crippen LogP contribution in [0.25, 0.3) is 0 Å². The summed E-state index contributed by atoms with van der Waals surface area (Å²) in [4.78, 5) is 0. The molecule has 0 unspecified atom stereocenters. The maximum Gasteiger partial charge on any atom is 0.0696 e. The normalized spacial score (nSPS) is 10.3. The minimum absolute atomic E-state index is 0.0669. The molecule has 0 saturated heterocycles. The third-order valence-corrected chi connectivity index (χ3v) is 2.75. The smallest absolute Gasteiger partial charge is 0.0696 e. The molecule has 0 aliphatic rings. The maximum absolute atomic E-state index is 8.86. The van der Waals surface area contributed by atoms with Crippen LogP contribution in [0.5, 0.6) is 0 Å². The van der Waals surface area contributed by atoms with Crippen molar-refractivity contribution in [2.45, 2.75) is 20.0 Å². The van der Waals surface area contributed by atoms with Crippen LogP contribution in [0.15, 0.2) is 12.1 Å². The number of rotatable bonds is 2. The summed E-state index contributed by atoms with van der Waals surface area (Å²) in [5.74, 6) is 0. The molecule has 12 heavy (non-hydrogen) atoms. The maximum atomic E-state index is 8.86. The Kier molecular flexibility index (Phi) is 3.39. The molecule has 0 saturated carbocycles. The molecule has 1 aromatic rings. The highest BCUT2D eigenvalue weighted by atomic mass is 35.5. The molecule has 0 bridgehead atoms. The van der Waals surface area contributed by atoms with Crippen molar-refractivity contribution in [3.8, 4) is 0 Å². The molecule has 0 heterocycles. The van der Waals surface area contributed by atoms with E-state index < -0.39 is 0 Å². The van der Waals surface area contributed by atoms with Crippen molar-refractivity contribution < 1.29 is 5.11 Å². The quantitative estimate of drug-likeness (QED) is 0.786. The molecule has 0 amide bonds. The molecule has 1 aromatic carbocycles. The van der Waals surface area contributed by atoms with E-state index in [0.29, 0.717) is 15.6 Å². The lowest BCUT2D eigenvalue weighted by Crippen LogP contribution is -1.89. The average Bonchev–Trinajstić information content (AvgIpc) is 2.10. The Bertz CT molecular complexity index is 255. The van der Waals surface area contributed by atoms with Gasteiger partial charge in [-0.05, 0) is 17.5 Å². The van der Waals surface area contributed by atoms with Gasteiger partial charge in [-0.1, -0.05) is 42.3 Å². The van der Waals surface area contributed by atoms with E-state index in [2.05, 4.69) is 0 Å². The third kappa shape index (κ3) is 1.74. The zero-order chi connectivity index (χ0) is 9.14. The summed E-state index contributed by atoms with van der Waals surface area (Å²) >= 11 is 11.8. The fourth-order valence-electron chi connectivity index (χ4n) is 1.02. The van der Waals surface area contributed by atoms with Crippen LogP contribution in [-0.2, 0) is 13.0 Å². The topological polar surface area (TPSA) is 20.2 Å². The Morgan fingerprint density at radius 3 is 2.17 bits per heavy atom. The van der Waals surface area contributed by atoms with E-state index in [1.807, 2.05) is 13.0 Å². The molecule has 0 aliphatic heterocycles. The zero-order valence-corrected chi connectivity index (χ0v) is 8.28. The van der Waals surface area contributed by atoms with Crippen LogP contribution in [0.3, 0.4) is 0 Å². The summed E-state index contributed by atoms with van der Waals surface area (Å²) in [6.07, 6.45) is 0.851. The average molecular weight is 205 g/mol. The van der Waals surface area contributed by atoms with Crippen molar-refractivity contribution in [1.82, 2.24) is 0 Å². The van der Waals surface area contributed by atoms with E-state index in [4.69, 9.17) is 28.3 Å². The molecule has 0 aromatic heterocycles. The van der Waals surface area contributed by atoms with Crippen LogP contribution >= 0.6 is 23.2 Å². The predicted octanol–water partition coefficient (Wildman–Crippen LogP) is 3.05. The first-order valence-corrected chi connectivity index (χ1v) is 4.53. The van der Waals surface area contributed by atoms with Gasteiger partial charge < -0.3 is 5.11 Å². The molecule has 1 nitrogen and oxygen atoms in total. The number of hydrogen-bond donors (Lipinski definition) is 1. The van der Waals surface area contributed by atoms with Crippen molar-refractivity contribution in [3.63, 3.8) is 0 Å². The van der Waals surface area contributed by atoms with Crippen LogP contribution < -0.4 is 0 Å². The Balaban J connectivity index is 3.20. The van der Waals surface area contributed by atoms with Gasteiger partial charge in [0.1, 0.15) is 0 Å². The summed E-state index contributed by atoms with van der Waals surface area (Å²) < 4.78 is 0. The first-order valence-electron chi connectivity index (χ1n) is 3.77. The van der Waals surface area contributed by atoms with Gasteiger partial charge >= 0.3 is 0 Å². The molecule has 66 valence electrons. The Hall–Kier alpha value is -0.240. The summed E-state index contributed by atoms with van der Waals surface area (Å²) in [6.45, 7) is 1.94. The van der Waals surface area contributed by atoms with E-state index in [-0.39, 0.29) is 6.61 Å². The monoisotopic (exact) mass is 204 g/mol. The molecule has 1 rings (SSSR count). The van der Waals surface area contributed by atoms with Gasteiger partial charge in [-0.2, -0.15) is 0 Å². The van der Waals surface area contributed by atoms with Crippen molar-refractivity contribution in [3.05, 3.63) is 33.3 Å². The van der Waals surface area contributed by atoms with Gasteiger partial charge in [0.2, 0.25) is 0 Å². The lowest BCUT2D eigenvalue weighted by molar-refractivity contribution is 0.282. The second kappa shape index (κ2) is 4.13. The number of aryl methyl sites for hydroxylation is 1. The fraction of sp³-hybridized carbons (Fsp3) is 0.333. The molecule has 0 spiro atoms. The number of hydrogen-bond acceptors (Lipinski definition) is 1. The van der Waals surface area contributed by atoms with E-state index in [1.54, 1.807) is 6.07 Å². The standard InChI is InChI=1S/C9H10Cl2O/c1-2-6-3-4-7(5-12)9(11)8(6)10/h3-4,12H,2,5H2,1H3. The van der Waals surface area contributed by atoms with E-state index >= 15 is 0 Å². The molecule has 0 atom stereocenters. The molecule has 0 radical (unpaired) electrons. The first-order chi connectivity index (χ1) is 5.70. The molecule has 0 fully saturated rings. The van der Waals surface area contributed by atoms with Crippen molar-refractivity contribution in [2.24, 2.45) is 0 Å². The lowest BCUT2D eigenvalue weighted by Gasteiger charge is -2.06. The van der Waals surface area contributed by atoms with Gasteiger partial charge in [0.15, 0.2) is 0 Å². The molecule has 0 aliphatic carbocycles. The Morgan fingerprint density at radius 2 is 1.67 bits per heavy atom. The van der Waals surface area contributed by atoms with Gasteiger partial charge in [0, 0.05) is 0 Å². The van der Waals surface area contributed by atoms with Gasteiger partial charge in [-0.3, -0.25) is 0 Å². The van der Waals surface area contributed by atoms with E-state index in [1.165, 1.54) is 0 Å². The van der Waals surface area contributed by atoms with Gasteiger partial charge in [0.05, 0.1) is 16.7 Å². The second-order valence-electron chi connectivity index (χ2n) is 2.52. The van der Waals surface area contributed by atoms with Crippen LogP contribution in [0, 0.1) is 0 Å². The minimum Gasteiger partial charge on any atom is -0.392 e. The van der Waals surface area contributed by atoms with Crippen molar-refractivity contribution in [1.29, 1.82) is 0 Å². The summed E-state index contributed by atoms with van der Waals surface area (Å²) in [5, 5.41) is 9.90. The highest BCUT2D eigenvalue weighted by Crippen LogP contribution is 2.29. The highest BCUT2D eigenvalue weighted by Gasteiger charge is 2.07. The second-order valence-corrected chi connectivity index (χ2v) is 3.28. The van der Waals surface area contributed by atoms with Crippen LogP contribution in [0.1, 0.15) is 18.1 Å².